The molecule has 0 spiro atoms. The molecule has 2 saturated heterocycles. The highest BCUT2D eigenvalue weighted by Gasteiger charge is 2.28. The fourth-order valence-corrected chi connectivity index (χ4v) is 6.99. The molecule has 1 aromatic heterocycles. The van der Waals surface area contributed by atoms with Crippen LogP contribution >= 0.6 is 0 Å². The van der Waals surface area contributed by atoms with Crippen molar-refractivity contribution in [1.82, 2.24) is 9.29 Å². The molecule has 11 heteroatoms. The lowest BCUT2D eigenvalue weighted by Crippen LogP contribution is -2.40. The van der Waals surface area contributed by atoms with Crippen LogP contribution in [0.25, 0.3) is 22.2 Å². The molecule has 4 aromatic rings. The van der Waals surface area contributed by atoms with Crippen molar-refractivity contribution in [3.63, 3.8) is 0 Å². The number of morpholine rings is 1. The normalized spacial score (nSPS) is 15.8. The zero-order chi connectivity index (χ0) is 30.7. The maximum Gasteiger partial charge on any atom is 0.339 e. The van der Waals surface area contributed by atoms with Gasteiger partial charge in [-0.1, -0.05) is 48.0 Å². The van der Waals surface area contributed by atoms with Gasteiger partial charge in [-0.05, 0) is 50.1 Å². The van der Waals surface area contributed by atoms with Gasteiger partial charge in [0.05, 0.1) is 46.3 Å². The fourth-order valence-electron chi connectivity index (χ4n) is 5.56. The molecule has 0 saturated carbocycles. The van der Waals surface area contributed by atoms with Gasteiger partial charge in [0.2, 0.25) is 10.0 Å². The van der Waals surface area contributed by atoms with Gasteiger partial charge in [-0.25, -0.2) is 18.2 Å². The summed E-state index contributed by atoms with van der Waals surface area (Å²) < 4.78 is 38.9. The highest BCUT2D eigenvalue weighted by atomic mass is 32.2. The number of aromatic nitrogens is 1. The van der Waals surface area contributed by atoms with Crippen LogP contribution in [0, 0.1) is 6.92 Å². The second-order valence-corrected chi connectivity index (χ2v) is 12.9. The van der Waals surface area contributed by atoms with Gasteiger partial charge >= 0.3 is 5.97 Å². The average molecular weight is 615 g/mol. The van der Waals surface area contributed by atoms with Gasteiger partial charge in [-0.2, -0.15) is 4.31 Å². The Morgan fingerprint density at radius 1 is 0.932 bits per heavy atom. The van der Waals surface area contributed by atoms with E-state index in [0.29, 0.717) is 41.1 Å². The van der Waals surface area contributed by atoms with Crippen LogP contribution in [0.1, 0.15) is 28.8 Å². The van der Waals surface area contributed by atoms with Gasteiger partial charge in [0.25, 0.3) is 5.91 Å². The molecular formula is C33H34N4O6S. The number of hydrogen-bond donors (Lipinski definition) is 1. The SMILES string of the molecule is Cc1ccc(-c2cc(C(=O)OCC(=O)Nc3cc(S(=O)(=O)N4CCOCC4)ccc3N3CCCC3)c3ccccc3n2)cc1. The van der Waals surface area contributed by atoms with Gasteiger partial charge in [0.1, 0.15) is 0 Å². The molecule has 44 heavy (non-hydrogen) atoms. The summed E-state index contributed by atoms with van der Waals surface area (Å²) in [5.74, 6) is -1.23. The van der Waals surface area contributed by atoms with Gasteiger partial charge in [0.15, 0.2) is 6.61 Å². The standard InChI is InChI=1S/C33H34N4O6S/c1-23-8-10-24(11-9-23)29-21-27(26-6-2-3-7-28(26)34-29)33(39)43-22-32(38)35-30-20-25(12-13-31(30)36-14-4-5-15-36)44(40,41)37-16-18-42-19-17-37/h2-3,6-13,20-21H,4-5,14-19,22H2,1H3,(H,35,38). The Kier molecular flexibility index (Phi) is 8.60. The van der Waals surface area contributed by atoms with E-state index in [4.69, 9.17) is 14.5 Å². The van der Waals surface area contributed by atoms with Crippen LogP contribution in [0.15, 0.2) is 77.7 Å². The van der Waals surface area contributed by atoms with Crippen molar-refractivity contribution in [3.8, 4) is 11.3 Å². The Morgan fingerprint density at radius 3 is 2.41 bits per heavy atom. The molecule has 3 heterocycles. The number of para-hydroxylation sites is 1. The number of carbonyl (C=O) groups excluding carboxylic acids is 2. The minimum Gasteiger partial charge on any atom is -0.452 e. The summed E-state index contributed by atoms with van der Waals surface area (Å²) in [6.45, 7) is 4.25. The lowest BCUT2D eigenvalue weighted by atomic mass is 10.0. The van der Waals surface area contributed by atoms with Crippen molar-refractivity contribution in [1.29, 1.82) is 0 Å². The molecule has 1 amide bonds. The summed E-state index contributed by atoms with van der Waals surface area (Å²) in [4.78, 5) is 33.4. The molecule has 0 unspecified atom stereocenters. The van der Waals surface area contributed by atoms with E-state index in [9.17, 15) is 18.0 Å². The predicted molar refractivity (Wildman–Crippen MR) is 168 cm³/mol. The van der Waals surface area contributed by atoms with Gasteiger partial charge in [-0.15, -0.1) is 0 Å². The molecule has 2 fully saturated rings. The van der Waals surface area contributed by atoms with Crippen LogP contribution in [0.3, 0.4) is 0 Å². The maximum atomic E-state index is 13.4. The van der Waals surface area contributed by atoms with Crippen LogP contribution in [0.2, 0.25) is 0 Å². The smallest absolute Gasteiger partial charge is 0.339 e. The minimum atomic E-state index is -3.78. The summed E-state index contributed by atoms with van der Waals surface area (Å²) in [6.07, 6.45) is 2.01. The fraction of sp³-hybridized carbons (Fsp3) is 0.303. The summed E-state index contributed by atoms with van der Waals surface area (Å²) >= 11 is 0. The number of fused-ring (bicyclic) bond motifs is 1. The van der Waals surface area contributed by atoms with E-state index in [-0.39, 0.29) is 18.0 Å². The second kappa shape index (κ2) is 12.7. The number of rotatable bonds is 8. The van der Waals surface area contributed by atoms with Crippen molar-refractivity contribution in [2.75, 3.05) is 56.2 Å². The molecular weight excluding hydrogens is 580 g/mol. The number of anilines is 2. The van der Waals surface area contributed by atoms with Crippen LogP contribution in [-0.2, 0) is 24.3 Å². The summed E-state index contributed by atoms with van der Waals surface area (Å²) in [5, 5.41) is 3.43. The quantitative estimate of drug-likeness (QED) is 0.286. The third-order valence-corrected chi connectivity index (χ3v) is 9.81. The zero-order valence-electron chi connectivity index (χ0n) is 24.5. The summed E-state index contributed by atoms with van der Waals surface area (Å²) in [5.41, 5.74) is 4.61. The van der Waals surface area contributed by atoms with E-state index in [1.165, 1.54) is 10.4 Å². The molecule has 10 nitrogen and oxygen atoms in total. The molecule has 0 radical (unpaired) electrons. The van der Waals surface area contributed by atoms with Crippen molar-refractivity contribution >= 4 is 44.2 Å². The molecule has 2 aliphatic heterocycles. The monoisotopic (exact) mass is 614 g/mol. The van der Waals surface area contributed by atoms with E-state index in [1.807, 2.05) is 49.4 Å². The average Bonchev–Trinajstić information content (AvgIpc) is 3.59. The van der Waals surface area contributed by atoms with Crippen LogP contribution < -0.4 is 10.2 Å². The largest absolute Gasteiger partial charge is 0.452 e. The molecule has 6 rings (SSSR count). The van der Waals surface area contributed by atoms with Crippen LogP contribution in [-0.4, -0.2) is 75.6 Å². The first kappa shape index (κ1) is 29.7. The van der Waals surface area contributed by atoms with E-state index < -0.39 is 28.5 Å². The lowest BCUT2D eigenvalue weighted by molar-refractivity contribution is -0.119. The van der Waals surface area contributed by atoms with Gasteiger partial charge in [0, 0.05) is 37.1 Å². The Bertz CT molecular complexity index is 1800. The number of amides is 1. The lowest BCUT2D eigenvalue weighted by Gasteiger charge is -2.27. The Morgan fingerprint density at radius 2 is 1.66 bits per heavy atom. The van der Waals surface area contributed by atoms with Crippen molar-refractivity contribution < 1.29 is 27.5 Å². The van der Waals surface area contributed by atoms with Crippen molar-refractivity contribution in [2.24, 2.45) is 0 Å². The molecule has 228 valence electrons. The first-order valence-electron chi connectivity index (χ1n) is 14.7. The first-order chi connectivity index (χ1) is 21.3. The van der Waals surface area contributed by atoms with E-state index in [2.05, 4.69) is 10.2 Å². The Balaban J connectivity index is 1.23. The number of hydrogen-bond acceptors (Lipinski definition) is 8. The highest BCUT2D eigenvalue weighted by molar-refractivity contribution is 7.89. The number of nitrogens with one attached hydrogen (secondary N) is 1. The third kappa shape index (κ3) is 6.30. The number of nitrogens with zero attached hydrogens (tertiary/aromatic N) is 3. The number of sulfonamides is 1. The van der Waals surface area contributed by atoms with E-state index in [0.717, 1.165) is 42.7 Å². The number of ether oxygens (including phenoxy) is 2. The summed E-state index contributed by atoms with van der Waals surface area (Å²) in [7, 11) is -3.78. The van der Waals surface area contributed by atoms with Gasteiger partial charge < -0.3 is 19.7 Å². The number of carbonyl (C=O) groups is 2. The highest BCUT2D eigenvalue weighted by Crippen LogP contribution is 2.33. The molecule has 0 atom stereocenters. The zero-order valence-corrected chi connectivity index (χ0v) is 25.3. The van der Waals surface area contributed by atoms with E-state index in [1.54, 1.807) is 24.3 Å². The second-order valence-electron chi connectivity index (χ2n) is 11.0. The molecule has 2 aliphatic rings. The third-order valence-electron chi connectivity index (χ3n) is 7.91. The van der Waals surface area contributed by atoms with Crippen molar-refractivity contribution in [2.45, 2.75) is 24.7 Å². The number of benzene rings is 3. The van der Waals surface area contributed by atoms with Crippen LogP contribution in [0.5, 0.6) is 0 Å². The first-order valence-corrected chi connectivity index (χ1v) is 16.1. The van der Waals surface area contributed by atoms with Crippen molar-refractivity contribution in [3.05, 3.63) is 83.9 Å². The number of esters is 1. The predicted octanol–water partition coefficient (Wildman–Crippen LogP) is 4.63. The van der Waals surface area contributed by atoms with E-state index >= 15 is 0 Å². The van der Waals surface area contributed by atoms with Gasteiger partial charge in [-0.3, -0.25) is 4.79 Å². The molecule has 1 N–H and O–H groups in total. The molecule has 0 bridgehead atoms. The van der Waals surface area contributed by atoms with Crippen LogP contribution in [0.4, 0.5) is 11.4 Å². The Labute approximate surface area is 256 Å². The number of pyridine rings is 1. The summed E-state index contributed by atoms with van der Waals surface area (Å²) in [6, 6.07) is 21.6. The molecule has 3 aromatic carbocycles. The topological polar surface area (TPSA) is 118 Å². The number of aryl methyl sites for hydroxylation is 1. The molecule has 0 aliphatic carbocycles. The Hall–Kier alpha value is -4.32. The minimum absolute atomic E-state index is 0.0848. The maximum absolute atomic E-state index is 13.4.